The number of hydrogen-bond acceptors (Lipinski definition) is 4. The topological polar surface area (TPSA) is 32.8 Å². The molecule has 0 radical (unpaired) electrons. The van der Waals surface area contributed by atoms with Crippen LogP contribution < -0.4 is 14.5 Å². The maximum absolute atomic E-state index is 13.9. The molecule has 1 aliphatic heterocycles. The molecule has 0 saturated heterocycles. The average molecular weight is 489 g/mol. The van der Waals surface area contributed by atoms with Crippen LogP contribution in [0.15, 0.2) is 54.6 Å². The van der Waals surface area contributed by atoms with Gasteiger partial charge in [-0.2, -0.15) is 0 Å². The van der Waals surface area contributed by atoms with Gasteiger partial charge in [0.25, 0.3) is 0 Å². The molecule has 0 bridgehead atoms. The molecule has 0 aromatic heterocycles. The van der Waals surface area contributed by atoms with E-state index in [0.717, 1.165) is 47.5 Å². The van der Waals surface area contributed by atoms with Gasteiger partial charge in [-0.3, -0.25) is 4.79 Å². The van der Waals surface area contributed by atoms with Crippen LogP contribution in [0.25, 0.3) is 0 Å². The van der Waals surface area contributed by atoms with Crippen LogP contribution in [-0.2, 0) is 18.3 Å². The van der Waals surface area contributed by atoms with Crippen LogP contribution in [0.5, 0.6) is 5.75 Å². The van der Waals surface area contributed by atoms with Crippen LogP contribution in [0.3, 0.4) is 0 Å². The average Bonchev–Trinajstić information content (AvgIpc) is 2.86. The van der Waals surface area contributed by atoms with Gasteiger partial charge in [-0.15, -0.1) is 0 Å². The fourth-order valence-electron chi connectivity index (χ4n) is 5.13. The molecule has 0 amide bonds. The molecule has 0 fully saturated rings. The molecule has 1 heterocycles. The molecule has 1 atom stereocenters. The van der Waals surface area contributed by atoms with Crippen LogP contribution in [0.2, 0.25) is 0 Å². The lowest BCUT2D eigenvalue weighted by Gasteiger charge is -2.34. The first-order valence-corrected chi connectivity index (χ1v) is 12.7. The quantitative estimate of drug-likeness (QED) is 0.345. The number of nitrogens with zero attached hydrogens (tertiary/aromatic N) is 2. The third kappa shape index (κ3) is 5.25. The third-order valence-corrected chi connectivity index (χ3v) is 7.26. The number of benzene rings is 3. The maximum atomic E-state index is 13.9. The molecule has 4 rings (SSSR count). The molecule has 3 aromatic rings. The number of carbonyl (C=O) groups is 1. The first kappa shape index (κ1) is 25.7. The molecular formula is C31H37FN2O2. The molecule has 0 spiro atoms. The molecule has 4 nitrogen and oxygen atoms in total. The third-order valence-electron chi connectivity index (χ3n) is 7.26. The number of hydrogen-bond donors (Lipinski definition) is 0. The number of anilines is 2. The van der Waals surface area contributed by atoms with Crippen molar-refractivity contribution < 1.29 is 13.9 Å². The lowest BCUT2D eigenvalue weighted by atomic mass is 9.82. The predicted octanol–water partition coefficient (Wildman–Crippen LogP) is 6.75. The number of likely N-dealkylation sites (N-methyl/N-ethyl adjacent to an activating group) is 2. The molecule has 0 saturated carbocycles. The molecule has 3 aromatic carbocycles. The summed E-state index contributed by atoms with van der Waals surface area (Å²) in [6, 6.07) is 17.4. The molecule has 36 heavy (non-hydrogen) atoms. The molecule has 0 N–H and O–H groups in total. The highest BCUT2D eigenvalue weighted by Crippen LogP contribution is 2.38. The normalized spacial score (nSPS) is 14.1. The van der Waals surface area contributed by atoms with Crippen LogP contribution in [0.4, 0.5) is 15.8 Å². The number of rotatable bonds is 7. The summed E-state index contributed by atoms with van der Waals surface area (Å²) in [5.41, 5.74) is 7.26. The van der Waals surface area contributed by atoms with Gasteiger partial charge < -0.3 is 14.5 Å². The van der Waals surface area contributed by atoms with Gasteiger partial charge in [0.15, 0.2) is 0 Å². The summed E-state index contributed by atoms with van der Waals surface area (Å²) in [7, 11) is 4.17. The summed E-state index contributed by atoms with van der Waals surface area (Å²) >= 11 is 0. The zero-order valence-electron chi connectivity index (χ0n) is 22.3. The van der Waals surface area contributed by atoms with Crippen molar-refractivity contribution >= 4 is 17.7 Å². The van der Waals surface area contributed by atoms with Gasteiger partial charge in [0, 0.05) is 25.3 Å². The Kier molecular flexibility index (Phi) is 7.39. The Morgan fingerprint density at radius 3 is 2.56 bits per heavy atom. The van der Waals surface area contributed by atoms with Crippen LogP contribution >= 0.6 is 0 Å². The van der Waals surface area contributed by atoms with Crippen LogP contribution in [0, 0.1) is 5.82 Å². The van der Waals surface area contributed by atoms with Crippen molar-refractivity contribution in [3.05, 3.63) is 88.2 Å². The largest absolute Gasteiger partial charge is 0.490 e. The Bertz CT molecular complexity index is 1250. The summed E-state index contributed by atoms with van der Waals surface area (Å²) < 4.78 is 19.8. The highest BCUT2D eigenvalue weighted by Gasteiger charge is 2.25. The van der Waals surface area contributed by atoms with E-state index < -0.39 is 5.82 Å². The highest BCUT2D eigenvalue weighted by atomic mass is 19.1. The molecule has 1 aliphatic rings. The van der Waals surface area contributed by atoms with E-state index in [9.17, 15) is 9.18 Å². The summed E-state index contributed by atoms with van der Waals surface area (Å²) in [6.07, 6.45) is 2.27. The van der Waals surface area contributed by atoms with Gasteiger partial charge in [-0.25, -0.2) is 4.39 Å². The molecular weight excluding hydrogens is 451 g/mol. The fraction of sp³-hybridized carbons (Fsp3) is 0.387. The Hall–Kier alpha value is -3.34. The number of ether oxygens (including phenoxy) is 1. The second-order valence-electron chi connectivity index (χ2n) is 10.7. The Balaban J connectivity index is 1.80. The maximum Gasteiger partial charge on any atom is 0.150 e. The molecule has 1 unspecified atom stereocenters. The van der Waals surface area contributed by atoms with Crippen LogP contribution in [0.1, 0.15) is 66.3 Å². The van der Waals surface area contributed by atoms with Crippen molar-refractivity contribution in [1.29, 1.82) is 0 Å². The minimum absolute atomic E-state index is 0.0674. The monoisotopic (exact) mass is 488 g/mol. The van der Waals surface area contributed by atoms with Gasteiger partial charge in [0.2, 0.25) is 0 Å². The van der Waals surface area contributed by atoms with Crippen molar-refractivity contribution in [1.82, 2.24) is 0 Å². The van der Waals surface area contributed by atoms with Gasteiger partial charge in [-0.1, -0.05) is 45.9 Å². The predicted molar refractivity (Wildman–Crippen MR) is 146 cm³/mol. The minimum Gasteiger partial charge on any atom is -0.490 e. The Labute approximate surface area is 214 Å². The van der Waals surface area contributed by atoms with Gasteiger partial charge >= 0.3 is 0 Å². The van der Waals surface area contributed by atoms with E-state index in [1.165, 1.54) is 23.3 Å². The van der Waals surface area contributed by atoms with E-state index in [1.807, 2.05) is 6.07 Å². The second-order valence-corrected chi connectivity index (χ2v) is 10.7. The first-order chi connectivity index (χ1) is 17.1. The molecule has 0 aliphatic carbocycles. The zero-order valence-corrected chi connectivity index (χ0v) is 22.3. The van der Waals surface area contributed by atoms with E-state index in [1.54, 1.807) is 6.07 Å². The fourth-order valence-corrected chi connectivity index (χ4v) is 5.13. The number of aryl methyl sites for hydroxylation is 1. The van der Waals surface area contributed by atoms with Crippen molar-refractivity contribution in [3.63, 3.8) is 0 Å². The molecule has 5 heteroatoms. The summed E-state index contributed by atoms with van der Waals surface area (Å²) in [4.78, 5) is 16.3. The van der Waals surface area contributed by atoms with Gasteiger partial charge in [0.1, 0.15) is 24.5 Å². The van der Waals surface area contributed by atoms with Crippen molar-refractivity contribution in [2.75, 3.05) is 37.0 Å². The molecule has 190 valence electrons. The summed E-state index contributed by atoms with van der Waals surface area (Å²) in [6.45, 7) is 10.4. The van der Waals surface area contributed by atoms with Crippen molar-refractivity contribution in [2.45, 2.75) is 52.0 Å². The lowest BCUT2D eigenvalue weighted by molar-refractivity contribution is 0.112. The van der Waals surface area contributed by atoms with E-state index in [4.69, 9.17) is 4.74 Å². The highest BCUT2D eigenvalue weighted by molar-refractivity contribution is 5.77. The number of aldehydes is 1. The van der Waals surface area contributed by atoms with E-state index in [-0.39, 0.29) is 11.5 Å². The van der Waals surface area contributed by atoms with E-state index in [2.05, 4.69) is 81.9 Å². The van der Waals surface area contributed by atoms with Gasteiger partial charge in [-0.05, 0) is 76.9 Å². The number of halogens is 1. The number of carbonyl (C=O) groups excluding carboxylic acids is 1. The van der Waals surface area contributed by atoms with E-state index >= 15 is 0 Å². The standard InChI is InChI=1S/C31H37FN2O2/c1-7-21-17-26(11-12-27(21)31(2,3)4)34(6)28(18-22-8-10-25(32)16-24(22)20-35)23-9-13-30-29(19-23)33(5)14-15-36-30/h8-13,16-17,19-20,28H,7,14-15,18H2,1-6H3. The SMILES string of the molecule is CCc1cc(N(C)C(Cc2ccc(F)cc2C=O)c2ccc3c(c2)N(C)CCO3)ccc1C(C)(C)C. The minimum atomic E-state index is -0.399. The van der Waals surface area contributed by atoms with Crippen LogP contribution in [-0.4, -0.2) is 33.5 Å². The second kappa shape index (κ2) is 10.3. The van der Waals surface area contributed by atoms with Crippen molar-refractivity contribution in [2.24, 2.45) is 0 Å². The first-order valence-electron chi connectivity index (χ1n) is 12.7. The number of fused-ring (bicyclic) bond motifs is 1. The Morgan fingerprint density at radius 2 is 1.86 bits per heavy atom. The zero-order chi connectivity index (χ0) is 26.0. The van der Waals surface area contributed by atoms with Crippen molar-refractivity contribution in [3.8, 4) is 5.75 Å². The summed E-state index contributed by atoms with van der Waals surface area (Å²) in [5.74, 6) is 0.482. The smallest absolute Gasteiger partial charge is 0.150 e. The lowest BCUT2D eigenvalue weighted by Crippen LogP contribution is -2.30. The Morgan fingerprint density at radius 1 is 1.08 bits per heavy atom. The van der Waals surface area contributed by atoms with Gasteiger partial charge in [0.05, 0.1) is 18.3 Å². The van der Waals surface area contributed by atoms with E-state index in [0.29, 0.717) is 18.6 Å². The summed E-state index contributed by atoms with van der Waals surface area (Å²) in [5, 5.41) is 0.